The normalized spacial score (nSPS) is 15.6. The fourth-order valence-electron chi connectivity index (χ4n) is 1.67. The first kappa shape index (κ1) is 13.3. The number of alkyl halides is 1. The van der Waals surface area contributed by atoms with Crippen molar-refractivity contribution >= 4 is 34.5 Å². The van der Waals surface area contributed by atoms with Crippen LogP contribution in [0.3, 0.4) is 0 Å². The zero-order valence-corrected chi connectivity index (χ0v) is 12.1. The lowest BCUT2D eigenvalue weighted by Crippen LogP contribution is -2.20. The fourth-order valence-corrected chi connectivity index (χ4v) is 1.80. The molecule has 0 spiro atoms. The number of hydrogen-bond acceptors (Lipinski definition) is 4. The van der Waals surface area contributed by atoms with Gasteiger partial charge in [-0.1, -0.05) is 29.5 Å². The van der Waals surface area contributed by atoms with Gasteiger partial charge >= 0.3 is 11.9 Å². The van der Waals surface area contributed by atoms with Crippen LogP contribution < -0.4 is 9.47 Å². The molecule has 18 heavy (non-hydrogen) atoms. The number of carbonyl (C=O) groups is 2. The third-order valence-corrected chi connectivity index (χ3v) is 4.08. The van der Waals surface area contributed by atoms with Crippen molar-refractivity contribution in [3.05, 3.63) is 23.8 Å². The van der Waals surface area contributed by atoms with E-state index in [2.05, 4.69) is 22.6 Å². The van der Waals surface area contributed by atoms with Gasteiger partial charge < -0.3 is 9.47 Å². The average Bonchev–Trinajstić information content (AvgIpc) is 2.38. The molecule has 1 aromatic rings. The summed E-state index contributed by atoms with van der Waals surface area (Å²) >= 11 is 2.06. The zero-order chi connectivity index (χ0) is 13.1. The van der Waals surface area contributed by atoms with E-state index in [0.29, 0.717) is 24.3 Å². The van der Waals surface area contributed by atoms with Crippen molar-refractivity contribution < 1.29 is 19.1 Å². The van der Waals surface area contributed by atoms with Gasteiger partial charge in [-0.15, -0.1) is 0 Å². The molecule has 0 N–H and O–H groups in total. The summed E-state index contributed by atoms with van der Waals surface area (Å²) in [7, 11) is 0. The molecule has 0 bridgehead atoms. The van der Waals surface area contributed by atoms with Crippen LogP contribution in [-0.4, -0.2) is 15.9 Å². The maximum Gasteiger partial charge on any atom is 0.324 e. The second kappa shape index (κ2) is 5.69. The Bertz CT molecular complexity index is 484. The molecular weight excluding hydrogens is 347 g/mol. The van der Waals surface area contributed by atoms with Crippen LogP contribution in [0.5, 0.6) is 11.5 Å². The summed E-state index contributed by atoms with van der Waals surface area (Å²) < 4.78 is 10.2. The van der Waals surface area contributed by atoms with Gasteiger partial charge in [0.05, 0.1) is 6.42 Å². The van der Waals surface area contributed by atoms with Gasteiger partial charge in [0.25, 0.3) is 0 Å². The van der Waals surface area contributed by atoms with Crippen molar-refractivity contribution in [1.29, 1.82) is 0 Å². The van der Waals surface area contributed by atoms with E-state index >= 15 is 0 Å². The number of esters is 2. The minimum Gasteiger partial charge on any atom is -0.426 e. The molecule has 2 rings (SSSR count). The van der Waals surface area contributed by atoms with E-state index in [9.17, 15) is 9.59 Å². The maximum absolute atomic E-state index is 11.6. The molecule has 0 aliphatic carbocycles. The summed E-state index contributed by atoms with van der Waals surface area (Å²) in [5, 5.41) is 0. The minimum atomic E-state index is -0.245. The third kappa shape index (κ3) is 3.01. The summed E-state index contributed by atoms with van der Waals surface area (Å²) in [5.74, 6) is 0.607. The Hall–Kier alpha value is -1.11. The second-order valence-electron chi connectivity index (χ2n) is 4.04. The summed E-state index contributed by atoms with van der Waals surface area (Å²) in [4.78, 5) is 22.8. The van der Waals surface area contributed by atoms with Crippen molar-refractivity contribution in [2.45, 2.75) is 30.1 Å². The van der Waals surface area contributed by atoms with E-state index in [1.54, 1.807) is 18.2 Å². The van der Waals surface area contributed by atoms with E-state index < -0.39 is 0 Å². The van der Waals surface area contributed by atoms with Crippen molar-refractivity contribution in [1.82, 2.24) is 0 Å². The van der Waals surface area contributed by atoms with Crippen LogP contribution in [0, 0.1) is 0 Å². The highest BCUT2D eigenvalue weighted by molar-refractivity contribution is 14.1. The molecular formula is C13H13IO4. The molecule has 1 aliphatic heterocycles. The van der Waals surface area contributed by atoms with Crippen LogP contribution in [-0.2, 0) is 16.0 Å². The Morgan fingerprint density at radius 2 is 2.28 bits per heavy atom. The Morgan fingerprint density at radius 3 is 3.00 bits per heavy atom. The monoisotopic (exact) mass is 360 g/mol. The highest BCUT2D eigenvalue weighted by atomic mass is 127. The maximum atomic E-state index is 11.6. The van der Waals surface area contributed by atoms with E-state index in [1.165, 1.54) is 0 Å². The molecule has 1 atom stereocenters. The molecule has 5 heteroatoms. The van der Waals surface area contributed by atoms with E-state index in [1.807, 2.05) is 6.92 Å². The Morgan fingerprint density at radius 1 is 1.50 bits per heavy atom. The van der Waals surface area contributed by atoms with Crippen molar-refractivity contribution in [3.8, 4) is 11.5 Å². The second-order valence-corrected chi connectivity index (χ2v) is 5.54. The number of carbonyl (C=O) groups excluding carboxylic acids is 2. The summed E-state index contributed by atoms with van der Waals surface area (Å²) in [6.07, 6.45) is 1.73. The largest absolute Gasteiger partial charge is 0.426 e. The molecule has 1 aliphatic rings. The molecule has 1 unspecified atom stereocenters. The van der Waals surface area contributed by atoms with Gasteiger partial charge in [0.15, 0.2) is 0 Å². The Kier molecular flexibility index (Phi) is 4.21. The summed E-state index contributed by atoms with van der Waals surface area (Å²) in [6, 6.07) is 5.08. The SMILES string of the molecule is CCC(I)C(=O)Oc1ccc2c(c1)CCC(=O)O2. The number of benzene rings is 1. The van der Waals surface area contributed by atoms with Crippen LogP contribution in [0.2, 0.25) is 0 Å². The van der Waals surface area contributed by atoms with Gasteiger partial charge in [0.2, 0.25) is 0 Å². The molecule has 96 valence electrons. The van der Waals surface area contributed by atoms with E-state index in [-0.39, 0.29) is 15.9 Å². The van der Waals surface area contributed by atoms with E-state index in [4.69, 9.17) is 9.47 Å². The van der Waals surface area contributed by atoms with Gasteiger partial charge in [-0.2, -0.15) is 0 Å². The van der Waals surface area contributed by atoms with Crippen molar-refractivity contribution in [3.63, 3.8) is 0 Å². The molecule has 4 nitrogen and oxygen atoms in total. The highest BCUT2D eigenvalue weighted by Gasteiger charge is 2.19. The lowest BCUT2D eigenvalue weighted by atomic mass is 10.1. The van der Waals surface area contributed by atoms with Crippen LogP contribution in [0.25, 0.3) is 0 Å². The van der Waals surface area contributed by atoms with Crippen LogP contribution in [0.15, 0.2) is 18.2 Å². The predicted molar refractivity (Wildman–Crippen MR) is 74.1 cm³/mol. The molecule has 0 radical (unpaired) electrons. The van der Waals surface area contributed by atoms with Gasteiger partial charge in [-0.05, 0) is 36.6 Å². The fraction of sp³-hybridized carbons (Fsp3) is 0.385. The summed E-state index contributed by atoms with van der Waals surface area (Å²) in [5.41, 5.74) is 0.904. The smallest absolute Gasteiger partial charge is 0.324 e. The molecule has 0 amide bonds. The van der Waals surface area contributed by atoms with E-state index in [0.717, 1.165) is 12.0 Å². The molecule has 1 heterocycles. The van der Waals surface area contributed by atoms with Gasteiger partial charge in [-0.3, -0.25) is 9.59 Å². The highest BCUT2D eigenvalue weighted by Crippen LogP contribution is 2.29. The lowest BCUT2D eigenvalue weighted by molar-refractivity contribution is -0.135. The molecule has 1 aromatic carbocycles. The van der Waals surface area contributed by atoms with Crippen LogP contribution >= 0.6 is 22.6 Å². The van der Waals surface area contributed by atoms with Crippen LogP contribution in [0.1, 0.15) is 25.3 Å². The van der Waals surface area contributed by atoms with Gasteiger partial charge in [0.1, 0.15) is 15.4 Å². The molecule has 0 fully saturated rings. The Balaban J connectivity index is 2.12. The predicted octanol–water partition coefficient (Wildman–Crippen LogP) is 2.66. The first-order chi connectivity index (χ1) is 8.60. The standard InChI is InChI=1S/C13H13IO4/c1-2-10(14)13(16)17-9-4-5-11-8(7-9)3-6-12(15)18-11/h4-5,7,10H,2-3,6H2,1H3. The number of aryl methyl sites for hydroxylation is 1. The Labute approximate surface area is 119 Å². The number of rotatable bonds is 3. The topological polar surface area (TPSA) is 52.6 Å². The first-order valence-electron chi connectivity index (χ1n) is 5.79. The molecule has 0 saturated heterocycles. The first-order valence-corrected chi connectivity index (χ1v) is 7.04. The number of fused-ring (bicyclic) bond motifs is 1. The number of halogens is 1. The quantitative estimate of drug-likeness (QED) is 0.360. The van der Waals surface area contributed by atoms with Gasteiger partial charge in [-0.25, -0.2) is 0 Å². The third-order valence-electron chi connectivity index (χ3n) is 2.69. The minimum absolute atomic E-state index is 0.142. The number of hydrogen-bond donors (Lipinski definition) is 0. The van der Waals surface area contributed by atoms with Gasteiger partial charge in [0, 0.05) is 0 Å². The van der Waals surface area contributed by atoms with Crippen molar-refractivity contribution in [2.24, 2.45) is 0 Å². The zero-order valence-electron chi connectivity index (χ0n) is 9.94. The van der Waals surface area contributed by atoms with Crippen molar-refractivity contribution in [2.75, 3.05) is 0 Å². The van der Waals surface area contributed by atoms with Crippen LogP contribution in [0.4, 0.5) is 0 Å². The average molecular weight is 360 g/mol. The summed E-state index contributed by atoms with van der Waals surface area (Å²) in [6.45, 7) is 1.94. The molecule has 0 saturated carbocycles. The number of ether oxygens (including phenoxy) is 2. The lowest BCUT2D eigenvalue weighted by Gasteiger charge is -2.16. The molecule has 0 aromatic heterocycles.